The van der Waals surface area contributed by atoms with Gasteiger partial charge in [-0.25, -0.2) is 4.79 Å². The number of carboxylic acid groups (broad SMARTS) is 2. The second kappa shape index (κ2) is 13.9. The van der Waals surface area contributed by atoms with Crippen LogP contribution in [0.3, 0.4) is 0 Å². The Bertz CT molecular complexity index is 862. The number of hydrogen-bond donors (Lipinski definition) is 7. The molecule has 1 aromatic carbocycles. The summed E-state index contributed by atoms with van der Waals surface area (Å²) in [5.41, 5.74) is 6.12. The van der Waals surface area contributed by atoms with E-state index in [1.807, 2.05) is 0 Å². The third-order valence-electron chi connectivity index (χ3n) is 4.96. The quantitative estimate of drug-likeness (QED) is 0.167. The lowest BCUT2D eigenvalue weighted by molar-refractivity contribution is -0.143. The van der Waals surface area contributed by atoms with Gasteiger partial charge >= 0.3 is 11.9 Å². The number of benzene rings is 1. The third-order valence-corrected chi connectivity index (χ3v) is 4.96. The van der Waals surface area contributed by atoms with E-state index in [9.17, 15) is 29.1 Å². The molecular weight excluding hydrogens is 448 g/mol. The minimum atomic E-state index is -1.37. The number of aliphatic hydroxyl groups is 1. The van der Waals surface area contributed by atoms with Crippen LogP contribution in [0.5, 0.6) is 0 Å². The Kier molecular flexibility index (Phi) is 11.7. The van der Waals surface area contributed by atoms with Crippen LogP contribution in [0.15, 0.2) is 30.3 Å². The molecule has 0 aliphatic carbocycles. The largest absolute Gasteiger partial charge is 0.481 e. The van der Waals surface area contributed by atoms with Crippen molar-refractivity contribution in [1.82, 2.24) is 16.0 Å². The molecule has 0 aromatic heterocycles. The smallest absolute Gasteiger partial charge is 0.326 e. The Morgan fingerprint density at radius 1 is 0.882 bits per heavy atom. The van der Waals surface area contributed by atoms with Gasteiger partial charge in [0, 0.05) is 12.8 Å². The lowest BCUT2D eigenvalue weighted by Gasteiger charge is -2.26. The van der Waals surface area contributed by atoms with Gasteiger partial charge in [-0.05, 0) is 17.9 Å². The van der Waals surface area contributed by atoms with E-state index in [-0.39, 0.29) is 12.8 Å². The number of nitrogens with one attached hydrogen (secondary N) is 3. The maximum absolute atomic E-state index is 12.8. The molecule has 8 N–H and O–H groups in total. The molecule has 0 aliphatic heterocycles. The predicted octanol–water partition coefficient (Wildman–Crippen LogP) is -1.39. The SMILES string of the molecule is CC(C)C(NC(=O)C(N)CO)C(=O)NC(CCC(=O)O)C(=O)NC(Cc1ccccc1)C(=O)O. The van der Waals surface area contributed by atoms with Crippen LogP contribution in [0.25, 0.3) is 0 Å². The number of carbonyl (C=O) groups is 5. The molecule has 4 unspecified atom stereocenters. The number of hydrogen-bond acceptors (Lipinski definition) is 7. The Morgan fingerprint density at radius 3 is 1.97 bits per heavy atom. The fourth-order valence-electron chi connectivity index (χ4n) is 3.00. The fraction of sp³-hybridized carbons (Fsp3) is 0.500. The highest BCUT2D eigenvalue weighted by atomic mass is 16.4. The molecule has 12 heteroatoms. The van der Waals surface area contributed by atoms with Crippen molar-refractivity contribution in [2.75, 3.05) is 6.61 Å². The van der Waals surface area contributed by atoms with Crippen LogP contribution in [-0.2, 0) is 30.4 Å². The Labute approximate surface area is 196 Å². The van der Waals surface area contributed by atoms with Crippen LogP contribution < -0.4 is 21.7 Å². The molecule has 0 aliphatic rings. The monoisotopic (exact) mass is 480 g/mol. The zero-order chi connectivity index (χ0) is 25.8. The van der Waals surface area contributed by atoms with E-state index in [2.05, 4.69) is 16.0 Å². The molecule has 1 rings (SSSR count). The summed E-state index contributed by atoms with van der Waals surface area (Å²) < 4.78 is 0. The minimum absolute atomic E-state index is 0.0226. The molecule has 0 radical (unpaired) electrons. The Hall–Kier alpha value is -3.51. The molecule has 0 saturated carbocycles. The van der Waals surface area contributed by atoms with Crippen molar-refractivity contribution >= 4 is 29.7 Å². The van der Waals surface area contributed by atoms with Gasteiger partial charge in [-0.1, -0.05) is 44.2 Å². The third kappa shape index (κ3) is 9.55. The number of nitrogens with two attached hydrogens (primary N) is 1. The first-order chi connectivity index (χ1) is 16.0. The van der Waals surface area contributed by atoms with Crippen molar-refractivity contribution in [1.29, 1.82) is 0 Å². The predicted molar refractivity (Wildman–Crippen MR) is 120 cm³/mol. The highest BCUT2D eigenvalue weighted by molar-refractivity contribution is 5.94. The zero-order valence-corrected chi connectivity index (χ0v) is 19.1. The van der Waals surface area contributed by atoms with E-state index in [1.54, 1.807) is 44.2 Å². The van der Waals surface area contributed by atoms with Gasteiger partial charge in [-0.3, -0.25) is 19.2 Å². The molecule has 188 valence electrons. The van der Waals surface area contributed by atoms with Crippen molar-refractivity contribution < 1.29 is 39.3 Å². The van der Waals surface area contributed by atoms with Crippen LogP contribution in [0.2, 0.25) is 0 Å². The van der Waals surface area contributed by atoms with Crippen LogP contribution in [0.1, 0.15) is 32.3 Å². The van der Waals surface area contributed by atoms with Gasteiger partial charge in [0.15, 0.2) is 0 Å². The second-order valence-corrected chi connectivity index (χ2v) is 8.10. The normalized spacial score (nSPS) is 14.4. The van der Waals surface area contributed by atoms with E-state index in [1.165, 1.54) is 0 Å². The summed E-state index contributed by atoms with van der Waals surface area (Å²) in [4.78, 5) is 60.4. The van der Waals surface area contributed by atoms with Gasteiger partial charge < -0.3 is 37.0 Å². The van der Waals surface area contributed by atoms with Crippen molar-refractivity contribution in [3.63, 3.8) is 0 Å². The number of aliphatic carboxylic acids is 2. The summed E-state index contributed by atoms with van der Waals surface area (Å²) >= 11 is 0. The van der Waals surface area contributed by atoms with Crippen LogP contribution >= 0.6 is 0 Å². The molecule has 12 nitrogen and oxygen atoms in total. The number of carboxylic acids is 2. The molecular formula is C22H32N4O8. The highest BCUT2D eigenvalue weighted by Gasteiger charge is 2.32. The van der Waals surface area contributed by atoms with E-state index in [4.69, 9.17) is 15.9 Å². The molecule has 34 heavy (non-hydrogen) atoms. The Morgan fingerprint density at radius 2 is 1.47 bits per heavy atom. The maximum Gasteiger partial charge on any atom is 0.326 e. The average molecular weight is 481 g/mol. The summed E-state index contributed by atoms with van der Waals surface area (Å²) in [5, 5.41) is 34.7. The molecule has 0 heterocycles. The van der Waals surface area contributed by atoms with Crippen LogP contribution in [-0.4, -0.2) is 75.8 Å². The molecule has 0 fully saturated rings. The second-order valence-electron chi connectivity index (χ2n) is 8.10. The van der Waals surface area contributed by atoms with Gasteiger partial charge in [-0.15, -0.1) is 0 Å². The van der Waals surface area contributed by atoms with Gasteiger partial charge in [0.05, 0.1) is 6.61 Å². The number of carbonyl (C=O) groups excluding carboxylic acids is 3. The van der Waals surface area contributed by atoms with E-state index >= 15 is 0 Å². The summed E-state index contributed by atoms with van der Waals surface area (Å²) in [7, 11) is 0. The fourth-order valence-corrected chi connectivity index (χ4v) is 3.00. The summed E-state index contributed by atoms with van der Waals surface area (Å²) in [6.45, 7) is 2.61. The van der Waals surface area contributed by atoms with Crippen LogP contribution in [0, 0.1) is 5.92 Å². The molecule has 0 spiro atoms. The van der Waals surface area contributed by atoms with Crippen molar-refractivity contribution in [2.24, 2.45) is 11.7 Å². The van der Waals surface area contributed by atoms with Crippen molar-refractivity contribution in [3.05, 3.63) is 35.9 Å². The molecule has 0 bridgehead atoms. The van der Waals surface area contributed by atoms with E-state index < -0.39 is 72.8 Å². The summed E-state index contributed by atoms with van der Waals surface area (Å²) in [6.07, 6.45) is -0.798. The van der Waals surface area contributed by atoms with Gasteiger partial charge in [-0.2, -0.15) is 0 Å². The molecule has 1 aromatic rings. The minimum Gasteiger partial charge on any atom is -0.481 e. The van der Waals surface area contributed by atoms with Gasteiger partial charge in [0.1, 0.15) is 24.2 Å². The van der Waals surface area contributed by atoms with E-state index in [0.717, 1.165) is 0 Å². The Balaban J connectivity index is 3.00. The van der Waals surface area contributed by atoms with Gasteiger partial charge in [0.25, 0.3) is 0 Å². The summed E-state index contributed by atoms with van der Waals surface area (Å²) in [5.74, 6) is -5.40. The first-order valence-electron chi connectivity index (χ1n) is 10.7. The average Bonchev–Trinajstić information content (AvgIpc) is 2.78. The maximum atomic E-state index is 12.8. The number of amides is 3. The number of rotatable bonds is 14. The zero-order valence-electron chi connectivity index (χ0n) is 19.1. The van der Waals surface area contributed by atoms with E-state index in [0.29, 0.717) is 5.56 Å². The molecule has 4 atom stereocenters. The topological polar surface area (TPSA) is 208 Å². The van der Waals surface area contributed by atoms with Crippen molar-refractivity contribution in [2.45, 2.75) is 57.3 Å². The highest BCUT2D eigenvalue weighted by Crippen LogP contribution is 2.08. The van der Waals surface area contributed by atoms with Crippen molar-refractivity contribution in [3.8, 4) is 0 Å². The summed E-state index contributed by atoms with van der Waals surface area (Å²) in [6, 6.07) is 3.50. The standard InChI is InChI=1S/C22H32N4O8/c1-12(2)18(26-19(30)14(23)11-27)21(32)24-15(8-9-17(28)29)20(31)25-16(22(33)34)10-13-6-4-3-5-7-13/h3-7,12,14-16,18,27H,8-11,23H2,1-2H3,(H,24,32)(H,25,31)(H,26,30)(H,28,29)(H,33,34). The lowest BCUT2D eigenvalue weighted by Crippen LogP contribution is -2.58. The van der Waals surface area contributed by atoms with Gasteiger partial charge in [0.2, 0.25) is 17.7 Å². The first kappa shape index (κ1) is 28.5. The first-order valence-corrected chi connectivity index (χ1v) is 10.7. The van der Waals surface area contributed by atoms with Crippen LogP contribution in [0.4, 0.5) is 0 Å². The number of aliphatic hydroxyl groups excluding tert-OH is 1. The molecule has 0 saturated heterocycles. The molecule has 3 amide bonds. The lowest BCUT2D eigenvalue weighted by atomic mass is 10.0.